The largest absolute Gasteiger partial charge is 0.497 e. The Balaban J connectivity index is 2.16. The van der Waals surface area contributed by atoms with Gasteiger partial charge in [-0.2, -0.15) is 0 Å². The zero-order valence-electron chi connectivity index (χ0n) is 11.1. The van der Waals surface area contributed by atoms with Crippen LogP contribution in [-0.2, 0) is 0 Å². The fraction of sp³-hybridized carbons (Fsp3) is 0.600. The number of rotatable bonds is 3. The van der Waals surface area contributed by atoms with Crippen LogP contribution in [0.2, 0.25) is 0 Å². The van der Waals surface area contributed by atoms with Crippen molar-refractivity contribution in [2.24, 2.45) is 5.92 Å². The van der Waals surface area contributed by atoms with E-state index in [0.29, 0.717) is 24.5 Å². The van der Waals surface area contributed by atoms with Gasteiger partial charge in [0.25, 0.3) is 0 Å². The number of benzene rings is 1. The lowest BCUT2D eigenvalue weighted by Gasteiger charge is -2.38. The predicted octanol–water partition coefficient (Wildman–Crippen LogP) is 2.67. The molecule has 100 valence electrons. The molecule has 1 aromatic rings. The second-order valence-corrected chi connectivity index (χ2v) is 5.47. The lowest BCUT2D eigenvalue weighted by molar-refractivity contribution is -0.105. The topological polar surface area (TPSA) is 49.7 Å². The molecule has 0 aromatic heterocycles. The molecule has 0 amide bonds. The van der Waals surface area contributed by atoms with Crippen LogP contribution in [0.15, 0.2) is 24.3 Å². The Morgan fingerprint density at radius 2 is 2.00 bits per heavy atom. The number of methoxy groups -OCH3 is 1. The number of ether oxygens (including phenoxy) is 1. The van der Waals surface area contributed by atoms with Crippen LogP contribution in [0, 0.1) is 5.92 Å². The van der Waals surface area contributed by atoms with Gasteiger partial charge < -0.3 is 14.9 Å². The number of hydrogen-bond acceptors (Lipinski definition) is 3. The maximum absolute atomic E-state index is 10.6. The Kier molecular flexibility index (Phi) is 3.93. The molecule has 1 saturated carbocycles. The molecule has 0 bridgehead atoms. The molecule has 0 radical (unpaired) electrons. The van der Waals surface area contributed by atoms with Crippen molar-refractivity contribution in [2.45, 2.75) is 44.3 Å². The lowest BCUT2D eigenvalue weighted by Crippen LogP contribution is -2.39. The van der Waals surface area contributed by atoms with Crippen LogP contribution in [0.3, 0.4) is 0 Å². The van der Waals surface area contributed by atoms with Crippen LogP contribution < -0.4 is 4.74 Å². The Labute approximate surface area is 108 Å². The van der Waals surface area contributed by atoms with Gasteiger partial charge in [-0.1, -0.05) is 19.1 Å². The Hall–Kier alpha value is -1.06. The van der Waals surface area contributed by atoms with Gasteiger partial charge in [-0.05, 0) is 49.3 Å². The van der Waals surface area contributed by atoms with Crippen LogP contribution in [0.25, 0.3) is 0 Å². The summed E-state index contributed by atoms with van der Waals surface area (Å²) in [7, 11) is 1.60. The minimum atomic E-state index is -0.987. The van der Waals surface area contributed by atoms with Crippen LogP contribution in [0.1, 0.15) is 44.3 Å². The summed E-state index contributed by atoms with van der Waals surface area (Å²) in [4.78, 5) is 0. The van der Waals surface area contributed by atoms with E-state index in [4.69, 9.17) is 4.74 Å². The van der Waals surface area contributed by atoms with Gasteiger partial charge in [-0.25, -0.2) is 0 Å². The summed E-state index contributed by atoms with van der Waals surface area (Å²) in [6.45, 7) is 2.19. The molecule has 2 N–H and O–H groups in total. The summed E-state index contributed by atoms with van der Waals surface area (Å²) in [5.41, 5.74) is -0.259. The van der Waals surface area contributed by atoms with Gasteiger partial charge in [0, 0.05) is 0 Å². The second-order valence-electron chi connectivity index (χ2n) is 5.47. The van der Waals surface area contributed by atoms with Crippen molar-refractivity contribution in [1.82, 2.24) is 0 Å². The maximum atomic E-state index is 10.6. The first-order chi connectivity index (χ1) is 8.55. The van der Waals surface area contributed by atoms with E-state index in [0.717, 1.165) is 18.4 Å². The molecule has 1 aliphatic rings. The fourth-order valence-corrected chi connectivity index (χ4v) is 2.66. The van der Waals surface area contributed by atoms with Gasteiger partial charge in [-0.3, -0.25) is 0 Å². The summed E-state index contributed by atoms with van der Waals surface area (Å²) >= 11 is 0. The molecule has 0 saturated heterocycles. The third-order valence-corrected chi connectivity index (χ3v) is 4.06. The Morgan fingerprint density at radius 3 is 2.61 bits per heavy atom. The zero-order chi connectivity index (χ0) is 13.2. The van der Waals surface area contributed by atoms with Crippen molar-refractivity contribution in [3.63, 3.8) is 0 Å². The standard InChI is InChI=1S/C15H22O3/c1-11-6-8-15(17,9-7-11)14(16)12-4-3-5-13(10-12)18-2/h3-5,10-11,14,16-17H,6-9H2,1-2H3. The molecule has 1 atom stereocenters. The molecule has 3 heteroatoms. The first kappa shape index (κ1) is 13.4. The molecule has 1 unspecified atom stereocenters. The van der Waals surface area contributed by atoms with Gasteiger partial charge in [0.15, 0.2) is 0 Å². The van der Waals surface area contributed by atoms with E-state index < -0.39 is 11.7 Å². The first-order valence-corrected chi connectivity index (χ1v) is 6.59. The molecule has 0 spiro atoms. The monoisotopic (exact) mass is 250 g/mol. The molecule has 0 aliphatic heterocycles. The molecule has 1 fully saturated rings. The summed E-state index contributed by atoms with van der Waals surface area (Å²) in [5.74, 6) is 1.35. The van der Waals surface area contributed by atoms with E-state index >= 15 is 0 Å². The minimum Gasteiger partial charge on any atom is -0.497 e. The molecule has 1 aromatic carbocycles. The van der Waals surface area contributed by atoms with Crippen molar-refractivity contribution in [3.8, 4) is 5.75 Å². The normalized spacial score (nSPS) is 29.9. The number of aliphatic hydroxyl groups excluding tert-OH is 1. The van der Waals surface area contributed by atoms with Gasteiger partial charge in [0.1, 0.15) is 11.9 Å². The van der Waals surface area contributed by atoms with Crippen LogP contribution >= 0.6 is 0 Å². The summed E-state index contributed by atoms with van der Waals surface area (Å²) in [6.07, 6.45) is 2.42. The maximum Gasteiger partial charge on any atom is 0.119 e. The third kappa shape index (κ3) is 2.68. The average molecular weight is 250 g/mol. The molecular formula is C15H22O3. The van der Waals surface area contributed by atoms with Crippen LogP contribution in [-0.4, -0.2) is 22.9 Å². The summed E-state index contributed by atoms with van der Waals surface area (Å²) in [5, 5.41) is 21.0. The van der Waals surface area contributed by atoms with E-state index in [9.17, 15) is 10.2 Å². The predicted molar refractivity (Wildman–Crippen MR) is 70.5 cm³/mol. The SMILES string of the molecule is COc1cccc(C(O)C2(O)CCC(C)CC2)c1. The van der Waals surface area contributed by atoms with E-state index in [1.165, 1.54) is 0 Å². The quantitative estimate of drug-likeness (QED) is 0.867. The van der Waals surface area contributed by atoms with Crippen LogP contribution in [0.5, 0.6) is 5.75 Å². The molecule has 0 heterocycles. The van der Waals surface area contributed by atoms with Crippen molar-refractivity contribution < 1.29 is 14.9 Å². The van der Waals surface area contributed by atoms with Gasteiger partial charge in [-0.15, -0.1) is 0 Å². The fourth-order valence-electron chi connectivity index (χ4n) is 2.66. The van der Waals surface area contributed by atoms with Crippen molar-refractivity contribution in [2.75, 3.05) is 7.11 Å². The smallest absolute Gasteiger partial charge is 0.119 e. The first-order valence-electron chi connectivity index (χ1n) is 6.59. The minimum absolute atomic E-state index is 0.641. The molecule has 18 heavy (non-hydrogen) atoms. The summed E-state index contributed by atoms with van der Waals surface area (Å²) < 4.78 is 5.15. The number of hydrogen-bond donors (Lipinski definition) is 2. The molecule has 1 aliphatic carbocycles. The van der Waals surface area contributed by atoms with E-state index in [-0.39, 0.29) is 0 Å². The summed E-state index contributed by atoms with van der Waals surface area (Å²) in [6, 6.07) is 7.30. The van der Waals surface area contributed by atoms with Crippen molar-refractivity contribution in [1.29, 1.82) is 0 Å². The molecule has 3 nitrogen and oxygen atoms in total. The van der Waals surface area contributed by atoms with Gasteiger partial charge in [0.05, 0.1) is 12.7 Å². The molecule has 2 rings (SSSR count). The highest BCUT2D eigenvalue weighted by Crippen LogP contribution is 2.40. The molecular weight excluding hydrogens is 228 g/mol. The van der Waals surface area contributed by atoms with Gasteiger partial charge in [0.2, 0.25) is 0 Å². The van der Waals surface area contributed by atoms with E-state index in [2.05, 4.69) is 6.92 Å². The second kappa shape index (κ2) is 5.29. The van der Waals surface area contributed by atoms with E-state index in [1.807, 2.05) is 18.2 Å². The average Bonchev–Trinajstić information content (AvgIpc) is 2.41. The highest BCUT2D eigenvalue weighted by atomic mass is 16.5. The Morgan fingerprint density at radius 1 is 1.33 bits per heavy atom. The highest BCUT2D eigenvalue weighted by molar-refractivity contribution is 5.31. The van der Waals surface area contributed by atoms with Crippen LogP contribution in [0.4, 0.5) is 0 Å². The van der Waals surface area contributed by atoms with E-state index in [1.54, 1.807) is 13.2 Å². The zero-order valence-corrected chi connectivity index (χ0v) is 11.1. The highest BCUT2D eigenvalue weighted by Gasteiger charge is 2.39. The Bertz CT molecular complexity index is 394. The van der Waals surface area contributed by atoms with Crippen molar-refractivity contribution in [3.05, 3.63) is 29.8 Å². The third-order valence-electron chi connectivity index (χ3n) is 4.06. The lowest BCUT2D eigenvalue weighted by atomic mass is 9.75. The van der Waals surface area contributed by atoms with Crippen molar-refractivity contribution >= 4 is 0 Å². The van der Waals surface area contributed by atoms with Gasteiger partial charge >= 0.3 is 0 Å². The number of aliphatic hydroxyl groups is 2.